The average Bonchev–Trinajstić information content (AvgIpc) is 2.75. The van der Waals surface area contributed by atoms with E-state index >= 15 is 0 Å². The van der Waals surface area contributed by atoms with Gasteiger partial charge in [-0.25, -0.2) is 0 Å². The molecule has 1 aromatic heterocycles. The molecule has 7 heteroatoms. The Kier molecular flexibility index (Phi) is 4.62. The summed E-state index contributed by atoms with van der Waals surface area (Å²) in [6.07, 6.45) is 0. The van der Waals surface area contributed by atoms with E-state index in [4.69, 9.17) is 0 Å². The minimum atomic E-state index is -0.432. The van der Waals surface area contributed by atoms with Crippen LogP contribution in [0.15, 0.2) is 6.07 Å². The maximum Gasteiger partial charge on any atom is 0.246 e. The SMILES string of the molecule is Cc1cc(C)n(CC(=O)N2CCNCC2C(=O)N(C)C)n1. The first-order valence-electron chi connectivity index (χ1n) is 7.12. The van der Waals surface area contributed by atoms with Crippen LogP contribution in [-0.2, 0) is 16.1 Å². The van der Waals surface area contributed by atoms with E-state index in [2.05, 4.69) is 10.4 Å². The summed E-state index contributed by atoms with van der Waals surface area (Å²) < 4.78 is 1.69. The van der Waals surface area contributed by atoms with Crippen LogP contribution in [0.2, 0.25) is 0 Å². The Labute approximate surface area is 124 Å². The third kappa shape index (κ3) is 3.41. The number of nitrogens with zero attached hydrogens (tertiary/aromatic N) is 4. The van der Waals surface area contributed by atoms with Gasteiger partial charge in [0.25, 0.3) is 0 Å². The molecular weight excluding hydrogens is 270 g/mol. The number of piperazine rings is 1. The zero-order valence-electron chi connectivity index (χ0n) is 13.1. The van der Waals surface area contributed by atoms with Crippen molar-refractivity contribution in [1.29, 1.82) is 0 Å². The summed E-state index contributed by atoms with van der Waals surface area (Å²) in [5, 5.41) is 7.48. The van der Waals surface area contributed by atoms with Crippen LogP contribution >= 0.6 is 0 Å². The number of nitrogens with one attached hydrogen (secondary N) is 1. The average molecular weight is 293 g/mol. The maximum atomic E-state index is 12.5. The van der Waals surface area contributed by atoms with Crippen LogP contribution < -0.4 is 5.32 Å². The number of rotatable bonds is 3. The number of carbonyl (C=O) groups excluding carboxylic acids is 2. The van der Waals surface area contributed by atoms with E-state index in [1.165, 1.54) is 4.90 Å². The standard InChI is InChI=1S/C14H23N5O2/c1-10-7-11(2)19(16-10)9-13(20)18-6-5-15-8-12(18)14(21)17(3)4/h7,12,15H,5-6,8-9H2,1-4H3. The van der Waals surface area contributed by atoms with Gasteiger partial charge >= 0.3 is 0 Å². The summed E-state index contributed by atoms with van der Waals surface area (Å²) in [7, 11) is 3.42. The van der Waals surface area contributed by atoms with Gasteiger partial charge in [0.15, 0.2) is 0 Å². The number of hydrogen-bond acceptors (Lipinski definition) is 4. The van der Waals surface area contributed by atoms with Gasteiger partial charge in [0.2, 0.25) is 11.8 Å². The summed E-state index contributed by atoms with van der Waals surface area (Å²) in [4.78, 5) is 27.9. The Morgan fingerprint density at radius 2 is 2.14 bits per heavy atom. The molecule has 2 rings (SSSR count). The lowest BCUT2D eigenvalue weighted by atomic mass is 10.1. The van der Waals surface area contributed by atoms with Crippen LogP contribution in [0.3, 0.4) is 0 Å². The highest BCUT2D eigenvalue weighted by Crippen LogP contribution is 2.09. The second-order valence-corrected chi connectivity index (χ2v) is 5.62. The molecule has 2 heterocycles. The van der Waals surface area contributed by atoms with Crippen molar-refractivity contribution >= 4 is 11.8 Å². The largest absolute Gasteiger partial charge is 0.347 e. The van der Waals surface area contributed by atoms with Crippen LogP contribution in [0.5, 0.6) is 0 Å². The molecule has 1 fully saturated rings. The number of aryl methyl sites for hydroxylation is 2. The normalized spacial score (nSPS) is 18.7. The lowest BCUT2D eigenvalue weighted by Gasteiger charge is -2.36. The summed E-state index contributed by atoms with van der Waals surface area (Å²) >= 11 is 0. The Hall–Kier alpha value is -1.89. The minimum absolute atomic E-state index is 0.0519. The van der Waals surface area contributed by atoms with E-state index in [0.717, 1.165) is 11.4 Å². The molecule has 0 bridgehead atoms. The Morgan fingerprint density at radius 1 is 1.43 bits per heavy atom. The first-order chi connectivity index (χ1) is 9.90. The van der Waals surface area contributed by atoms with Gasteiger partial charge in [-0.05, 0) is 19.9 Å². The molecule has 116 valence electrons. The van der Waals surface area contributed by atoms with Crippen molar-refractivity contribution in [2.75, 3.05) is 33.7 Å². The van der Waals surface area contributed by atoms with E-state index in [1.807, 2.05) is 19.9 Å². The van der Waals surface area contributed by atoms with E-state index < -0.39 is 6.04 Å². The topological polar surface area (TPSA) is 70.5 Å². The summed E-state index contributed by atoms with van der Waals surface area (Å²) in [6, 6.07) is 1.51. The fourth-order valence-corrected chi connectivity index (χ4v) is 2.58. The molecule has 1 aliphatic heterocycles. The van der Waals surface area contributed by atoms with Gasteiger partial charge in [0.1, 0.15) is 12.6 Å². The molecule has 1 unspecified atom stereocenters. The van der Waals surface area contributed by atoms with Crippen LogP contribution in [0, 0.1) is 13.8 Å². The van der Waals surface area contributed by atoms with Crippen molar-refractivity contribution in [2.24, 2.45) is 0 Å². The van der Waals surface area contributed by atoms with Gasteiger partial charge in [0.05, 0.1) is 5.69 Å². The fourth-order valence-electron chi connectivity index (χ4n) is 2.58. The van der Waals surface area contributed by atoms with Gasteiger partial charge in [-0.3, -0.25) is 14.3 Å². The minimum Gasteiger partial charge on any atom is -0.347 e. The van der Waals surface area contributed by atoms with E-state index in [-0.39, 0.29) is 18.4 Å². The Morgan fingerprint density at radius 3 is 2.71 bits per heavy atom. The zero-order valence-corrected chi connectivity index (χ0v) is 13.1. The molecule has 1 saturated heterocycles. The van der Waals surface area contributed by atoms with Crippen LogP contribution in [0.1, 0.15) is 11.4 Å². The summed E-state index contributed by atoms with van der Waals surface area (Å²) in [5.41, 5.74) is 1.84. The Balaban J connectivity index is 2.12. The van der Waals surface area contributed by atoms with Gasteiger partial charge in [-0.15, -0.1) is 0 Å². The third-order valence-electron chi connectivity index (χ3n) is 3.68. The monoisotopic (exact) mass is 293 g/mol. The molecule has 7 nitrogen and oxygen atoms in total. The molecule has 0 radical (unpaired) electrons. The van der Waals surface area contributed by atoms with Crippen LogP contribution in [0.25, 0.3) is 0 Å². The van der Waals surface area contributed by atoms with Gasteiger partial charge in [-0.1, -0.05) is 0 Å². The Bertz CT molecular complexity index is 537. The molecule has 1 aromatic rings. The second kappa shape index (κ2) is 6.26. The molecule has 0 aliphatic carbocycles. The second-order valence-electron chi connectivity index (χ2n) is 5.62. The lowest BCUT2D eigenvalue weighted by Crippen LogP contribution is -2.59. The van der Waals surface area contributed by atoms with Crippen molar-refractivity contribution in [3.05, 3.63) is 17.5 Å². The molecule has 21 heavy (non-hydrogen) atoms. The van der Waals surface area contributed by atoms with Gasteiger partial charge < -0.3 is 15.1 Å². The predicted molar refractivity (Wildman–Crippen MR) is 78.8 cm³/mol. The molecule has 2 amide bonds. The highest BCUT2D eigenvalue weighted by atomic mass is 16.2. The molecule has 0 saturated carbocycles. The van der Waals surface area contributed by atoms with Crippen molar-refractivity contribution < 1.29 is 9.59 Å². The van der Waals surface area contributed by atoms with Gasteiger partial charge in [0, 0.05) is 39.4 Å². The number of hydrogen-bond donors (Lipinski definition) is 1. The predicted octanol–water partition coefficient (Wildman–Crippen LogP) is -0.611. The maximum absolute atomic E-state index is 12.5. The first kappa shape index (κ1) is 15.5. The highest BCUT2D eigenvalue weighted by Gasteiger charge is 2.33. The quantitative estimate of drug-likeness (QED) is 0.807. The number of amides is 2. The highest BCUT2D eigenvalue weighted by molar-refractivity contribution is 5.87. The summed E-state index contributed by atoms with van der Waals surface area (Å²) in [6.45, 7) is 5.75. The molecule has 1 N–H and O–H groups in total. The molecule has 1 aliphatic rings. The van der Waals surface area contributed by atoms with Crippen LogP contribution in [-0.4, -0.2) is 71.2 Å². The van der Waals surface area contributed by atoms with Gasteiger partial charge in [-0.2, -0.15) is 5.10 Å². The zero-order chi connectivity index (χ0) is 15.6. The number of aromatic nitrogens is 2. The molecule has 0 spiro atoms. The van der Waals surface area contributed by atoms with Crippen molar-refractivity contribution in [3.63, 3.8) is 0 Å². The third-order valence-corrected chi connectivity index (χ3v) is 3.68. The van der Waals surface area contributed by atoms with E-state index in [1.54, 1.807) is 23.7 Å². The number of carbonyl (C=O) groups is 2. The first-order valence-corrected chi connectivity index (χ1v) is 7.12. The molecular formula is C14H23N5O2. The fraction of sp³-hybridized carbons (Fsp3) is 0.643. The van der Waals surface area contributed by atoms with Crippen molar-refractivity contribution in [2.45, 2.75) is 26.4 Å². The number of likely N-dealkylation sites (N-methyl/N-ethyl adjacent to an activating group) is 1. The van der Waals surface area contributed by atoms with Crippen molar-refractivity contribution in [1.82, 2.24) is 24.9 Å². The molecule has 0 aromatic carbocycles. The lowest BCUT2D eigenvalue weighted by molar-refractivity contribution is -0.145. The summed E-state index contributed by atoms with van der Waals surface area (Å²) in [5.74, 6) is -0.119. The van der Waals surface area contributed by atoms with Crippen LogP contribution in [0.4, 0.5) is 0 Å². The van der Waals surface area contributed by atoms with E-state index in [9.17, 15) is 9.59 Å². The van der Waals surface area contributed by atoms with Crippen molar-refractivity contribution in [3.8, 4) is 0 Å². The van der Waals surface area contributed by atoms with E-state index in [0.29, 0.717) is 19.6 Å². The molecule has 1 atom stereocenters. The smallest absolute Gasteiger partial charge is 0.246 e.